The number of H-pyrrole nitrogens is 1. The molecule has 1 aromatic heterocycles. The minimum atomic E-state index is -3.33. The lowest BCUT2D eigenvalue weighted by atomic mass is 10.2. The molecule has 0 bridgehead atoms. The third-order valence-electron chi connectivity index (χ3n) is 3.09. The van der Waals surface area contributed by atoms with Gasteiger partial charge < -0.3 is 9.84 Å². The molecule has 0 radical (unpaired) electrons. The molecule has 2 aromatic rings. The average molecular weight is 333 g/mol. The van der Waals surface area contributed by atoms with Gasteiger partial charge >= 0.3 is 5.97 Å². The number of aromatic amines is 1. The second kappa shape index (κ2) is 5.73. The molecule has 23 heavy (non-hydrogen) atoms. The Morgan fingerprint density at radius 3 is 2.61 bits per heavy atom. The molecular weight excluding hydrogens is 322 g/mol. The van der Waals surface area contributed by atoms with Crippen molar-refractivity contribution < 1.29 is 23.1 Å². The van der Waals surface area contributed by atoms with E-state index in [0.29, 0.717) is 24.2 Å². The Morgan fingerprint density at radius 2 is 2.00 bits per heavy atom. The highest BCUT2D eigenvalue weighted by Crippen LogP contribution is 2.28. The predicted octanol–water partition coefficient (Wildman–Crippen LogP) is 1.18. The van der Waals surface area contributed by atoms with Gasteiger partial charge in [0.25, 0.3) is 5.88 Å². The van der Waals surface area contributed by atoms with E-state index in [4.69, 9.17) is 9.84 Å². The summed E-state index contributed by atoms with van der Waals surface area (Å²) in [5, 5.41) is 20.0. The second-order valence-electron chi connectivity index (χ2n) is 4.89. The molecule has 0 atom stereocenters. The summed E-state index contributed by atoms with van der Waals surface area (Å²) in [6, 6.07) is 6.24. The second-order valence-corrected chi connectivity index (χ2v) is 6.85. The third kappa shape index (κ3) is 3.49. The number of hydrogen-bond acceptors (Lipinski definition) is 6. The normalized spacial score (nSPS) is 13.9. The molecule has 0 spiro atoms. The SMILES string of the molecule is O=C(O)c1nn[nH]c1Oc1ccc(C#CS(=O)(=O)C2CC2)cc1. The van der Waals surface area contributed by atoms with Gasteiger partial charge in [-0.1, -0.05) is 11.1 Å². The van der Waals surface area contributed by atoms with Crippen molar-refractivity contribution >= 4 is 15.8 Å². The number of rotatable bonds is 4. The molecule has 0 saturated heterocycles. The van der Waals surface area contributed by atoms with Crippen LogP contribution in [0.2, 0.25) is 0 Å². The van der Waals surface area contributed by atoms with E-state index in [-0.39, 0.29) is 16.8 Å². The monoisotopic (exact) mass is 333 g/mol. The summed E-state index contributed by atoms with van der Waals surface area (Å²) >= 11 is 0. The fourth-order valence-corrected chi connectivity index (χ4v) is 2.93. The first-order valence-corrected chi connectivity index (χ1v) is 8.19. The zero-order valence-corrected chi connectivity index (χ0v) is 12.5. The average Bonchev–Trinajstić information content (AvgIpc) is 3.28. The van der Waals surface area contributed by atoms with Crippen molar-refractivity contribution in [3.8, 4) is 22.8 Å². The molecule has 0 amide bonds. The van der Waals surface area contributed by atoms with E-state index >= 15 is 0 Å². The fourth-order valence-electron chi connectivity index (χ4n) is 1.75. The zero-order valence-electron chi connectivity index (χ0n) is 11.7. The molecule has 1 aliphatic carbocycles. The van der Waals surface area contributed by atoms with Crippen molar-refractivity contribution in [1.82, 2.24) is 15.4 Å². The molecule has 2 N–H and O–H groups in total. The number of aromatic carboxylic acids is 1. The summed E-state index contributed by atoms with van der Waals surface area (Å²) in [6.45, 7) is 0. The minimum Gasteiger partial charge on any atom is -0.476 e. The van der Waals surface area contributed by atoms with Crippen molar-refractivity contribution in [2.75, 3.05) is 0 Å². The number of ether oxygens (including phenoxy) is 1. The summed E-state index contributed by atoms with van der Waals surface area (Å²) in [5.74, 6) is 1.59. The minimum absolute atomic E-state index is 0.0901. The van der Waals surface area contributed by atoms with Crippen molar-refractivity contribution in [2.24, 2.45) is 0 Å². The number of sulfone groups is 1. The highest BCUT2D eigenvalue weighted by Gasteiger charge is 2.34. The van der Waals surface area contributed by atoms with Gasteiger partial charge in [-0.05, 0) is 37.1 Å². The molecule has 8 nitrogen and oxygen atoms in total. The van der Waals surface area contributed by atoms with Gasteiger partial charge in [-0.2, -0.15) is 0 Å². The Balaban J connectivity index is 1.74. The summed E-state index contributed by atoms with van der Waals surface area (Å²) in [7, 11) is -3.33. The lowest BCUT2D eigenvalue weighted by molar-refractivity contribution is 0.0687. The smallest absolute Gasteiger partial charge is 0.362 e. The molecule has 1 saturated carbocycles. The highest BCUT2D eigenvalue weighted by atomic mass is 32.2. The first-order valence-electron chi connectivity index (χ1n) is 6.64. The van der Waals surface area contributed by atoms with E-state index in [2.05, 4.69) is 26.6 Å². The summed E-state index contributed by atoms with van der Waals surface area (Å²) in [4.78, 5) is 10.9. The maximum Gasteiger partial charge on any atom is 0.362 e. The Morgan fingerprint density at radius 1 is 1.30 bits per heavy atom. The Kier molecular flexibility index (Phi) is 3.75. The number of carboxylic acid groups (broad SMARTS) is 1. The van der Waals surface area contributed by atoms with Crippen LogP contribution in [0.25, 0.3) is 0 Å². The molecule has 1 heterocycles. The Hall–Kier alpha value is -2.86. The number of nitrogens with zero attached hydrogens (tertiary/aromatic N) is 2. The Labute approximate surface area is 131 Å². The molecule has 118 valence electrons. The van der Waals surface area contributed by atoms with Gasteiger partial charge in [-0.15, -0.1) is 5.10 Å². The van der Waals surface area contributed by atoms with Crippen LogP contribution >= 0.6 is 0 Å². The lowest BCUT2D eigenvalue weighted by Gasteiger charge is -2.02. The van der Waals surface area contributed by atoms with Crippen LogP contribution < -0.4 is 4.74 Å². The molecular formula is C14H11N3O5S. The number of carboxylic acids is 1. The topological polar surface area (TPSA) is 122 Å². The lowest BCUT2D eigenvalue weighted by Crippen LogP contribution is -2.02. The van der Waals surface area contributed by atoms with Crippen molar-refractivity contribution in [1.29, 1.82) is 0 Å². The van der Waals surface area contributed by atoms with Crippen LogP contribution in [0.5, 0.6) is 11.6 Å². The van der Waals surface area contributed by atoms with E-state index in [9.17, 15) is 13.2 Å². The quantitative estimate of drug-likeness (QED) is 0.805. The van der Waals surface area contributed by atoms with Crippen molar-refractivity contribution in [3.05, 3.63) is 35.5 Å². The molecule has 0 unspecified atom stereocenters. The highest BCUT2D eigenvalue weighted by molar-refractivity contribution is 7.96. The number of hydrogen-bond donors (Lipinski definition) is 2. The molecule has 9 heteroatoms. The van der Waals surface area contributed by atoms with Crippen LogP contribution in [0.15, 0.2) is 24.3 Å². The maximum atomic E-state index is 11.7. The van der Waals surface area contributed by atoms with Crippen LogP contribution in [0.3, 0.4) is 0 Å². The van der Waals surface area contributed by atoms with E-state index in [1.165, 1.54) is 0 Å². The fraction of sp³-hybridized carbons (Fsp3) is 0.214. The van der Waals surface area contributed by atoms with Crippen LogP contribution in [-0.4, -0.2) is 40.2 Å². The molecule has 3 rings (SSSR count). The van der Waals surface area contributed by atoms with E-state index < -0.39 is 15.8 Å². The van der Waals surface area contributed by atoms with Crippen LogP contribution in [0, 0.1) is 11.2 Å². The summed E-state index contributed by atoms with van der Waals surface area (Å²) < 4.78 is 28.7. The van der Waals surface area contributed by atoms with Gasteiger partial charge in [0.15, 0.2) is 0 Å². The largest absolute Gasteiger partial charge is 0.476 e. The van der Waals surface area contributed by atoms with Crippen LogP contribution in [0.4, 0.5) is 0 Å². The molecule has 1 aromatic carbocycles. The standard InChI is InChI=1S/C14H11N3O5S/c18-14(19)12-13(16-17-15-12)22-10-3-1-9(2-4-10)7-8-23(20,21)11-5-6-11/h1-4,11H,5-6H2,(H,18,19)(H,15,16,17). The third-order valence-corrected chi connectivity index (χ3v) is 4.83. The Bertz CT molecular complexity index is 902. The number of aromatic nitrogens is 3. The first-order chi connectivity index (χ1) is 11.0. The molecule has 1 aliphatic rings. The van der Waals surface area contributed by atoms with Gasteiger partial charge in [-0.3, -0.25) is 0 Å². The molecule has 0 aliphatic heterocycles. The van der Waals surface area contributed by atoms with Gasteiger partial charge in [-0.25, -0.2) is 18.3 Å². The number of carbonyl (C=O) groups is 1. The van der Waals surface area contributed by atoms with Gasteiger partial charge in [0, 0.05) is 10.8 Å². The van der Waals surface area contributed by atoms with Crippen LogP contribution in [-0.2, 0) is 9.84 Å². The van der Waals surface area contributed by atoms with E-state index in [1.807, 2.05) is 0 Å². The predicted molar refractivity (Wildman–Crippen MR) is 78.7 cm³/mol. The van der Waals surface area contributed by atoms with Gasteiger partial charge in [0.2, 0.25) is 15.5 Å². The van der Waals surface area contributed by atoms with E-state index in [0.717, 1.165) is 0 Å². The molecule has 1 fully saturated rings. The summed E-state index contributed by atoms with van der Waals surface area (Å²) in [6.07, 6.45) is 1.35. The number of benzene rings is 1. The van der Waals surface area contributed by atoms with Crippen molar-refractivity contribution in [2.45, 2.75) is 18.1 Å². The first kappa shape index (κ1) is 15.1. The summed E-state index contributed by atoms with van der Waals surface area (Å²) in [5.41, 5.74) is 0.187. The maximum absolute atomic E-state index is 11.7. The van der Waals surface area contributed by atoms with Crippen molar-refractivity contribution in [3.63, 3.8) is 0 Å². The zero-order chi connectivity index (χ0) is 16.4. The van der Waals surface area contributed by atoms with E-state index in [1.54, 1.807) is 24.3 Å². The van der Waals surface area contributed by atoms with Gasteiger partial charge in [0.1, 0.15) is 5.75 Å². The van der Waals surface area contributed by atoms with Gasteiger partial charge in [0.05, 0.1) is 5.25 Å². The van der Waals surface area contributed by atoms with Crippen LogP contribution in [0.1, 0.15) is 28.9 Å². The number of nitrogens with one attached hydrogen (secondary N) is 1.